The maximum Gasteiger partial charge on any atom is 0.286 e. The Hall–Kier alpha value is -3.09. The fourth-order valence-electron chi connectivity index (χ4n) is 3.07. The molecule has 1 aliphatic carbocycles. The Balaban J connectivity index is 1.56. The van der Waals surface area contributed by atoms with Gasteiger partial charge in [0.05, 0.1) is 0 Å². The number of rotatable bonds is 4. The third kappa shape index (κ3) is 4.50. The van der Waals surface area contributed by atoms with Gasteiger partial charge in [0.1, 0.15) is 5.69 Å². The highest BCUT2D eigenvalue weighted by molar-refractivity contribution is 6.00. The number of carbonyl (C=O) groups is 3. The first kappa shape index (κ1) is 17.7. The Kier molecular flexibility index (Phi) is 5.68. The van der Waals surface area contributed by atoms with Gasteiger partial charge in [-0.1, -0.05) is 25.3 Å². The quantitative estimate of drug-likeness (QED) is 0.635. The van der Waals surface area contributed by atoms with Crippen LogP contribution in [0.4, 0.5) is 5.69 Å². The molecule has 1 heterocycles. The van der Waals surface area contributed by atoms with Gasteiger partial charge in [0.25, 0.3) is 11.8 Å². The van der Waals surface area contributed by atoms with Crippen LogP contribution < -0.4 is 16.2 Å². The average Bonchev–Trinajstić information content (AvgIpc) is 3.21. The van der Waals surface area contributed by atoms with E-state index < -0.39 is 11.8 Å². The van der Waals surface area contributed by atoms with Gasteiger partial charge in [-0.3, -0.25) is 25.2 Å². The van der Waals surface area contributed by atoms with Crippen LogP contribution in [0.2, 0.25) is 0 Å². The van der Waals surface area contributed by atoms with Crippen molar-refractivity contribution < 1.29 is 14.4 Å². The van der Waals surface area contributed by atoms with Crippen molar-refractivity contribution in [2.45, 2.75) is 32.1 Å². The summed E-state index contributed by atoms with van der Waals surface area (Å²) in [5.74, 6) is -0.854. The number of nitrogens with one attached hydrogen (secondary N) is 4. The smallest absolute Gasteiger partial charge is 0.286 e. The van der Waals surface area contributed by atoms with Crippen LogP contribution >= 0.6 is 0 Å². The molecule has 1 aromatic carbocycles. The third-order valence-electron chi connectivity index (χ3n) is 4.50. The maximum absolute atomic E-state index is 12.3. The zero-order valence-electron chi connectivity index (χ0n) is 14.4. The predicted molar refractivity (Wildman–Crippen MR) is 97.4 cm³/mol. The van der Waals surface area contributed by atoms with Crippen molar-refractivity contribution in [1.82, 2.24) is 15.8 Å². The lowest BCUT2D eigenvalue weighted by molar-refractivity contribution is -0.120. The number of H-pyrrole nitrogens is 1. The van der Waals surface area contributed by atoms with Gasteiger partial charge < -0.3 is 10.3 Å². The minimum Gasteiger partial charge on any atom is -0.357 e. The molecule has 136 valence electrons. The largest absolute Gasteiger partial charge is 0.357 e. The van der Waals surface area contributed by atoms with E-state index >= 15 is 0 Å². The molecule has 3 rings (SSSR count). The number of hydrogen-bond donors (Lipinski definition) is 4. The van der Waals surface area contributed by atoms with Gasteiger partial charge in [0, 0.05) is 23.4 Å². The predicted octanol–water partition coefficient (Wildman–Crippen LogP) is 2.61. The summed E-state index contributed by atoms with van der Waals surface area (Å²) < 4.78 is 0. The molecule has 1 saturated carbocycles. The highest BCUT2D eigenvalue weighted by Gasteiger charge is 2.21. The normalized spacial score (nSPS) is 14.5. The standard InChI is InChI=1S/C19H22N4O3/c24-17(13-6-2-1-3-7-13)21-15-9-4-8-14(12-15)18(25)22-23-19(26)16-10-5-11-20-16/h4-5,8-13,20H,1-3,6-7H2,(H,21,24)(H,22,25)(H,23,26). The van der Waals surface area contributed by atoms with Gasteiger partial charge in [-0.15, -0.1) is 0 Å². The summed E-state index contributed by atoms with van der Waals surface area (Å²) in [5.41, 5.74) is 5.96. The van der Waals surface area contributed by atoms with Crippen molar-refractivity contribution in [3.8, 4) is 0 Å². The molecule has 7 nitrogen and oxygen atoms in total. The lowest BCUT2D eigenvalue weighted by Crippen LogP contribution is -2.41. The number of anilines is 1. The van der Waals surface area contributed by atoms with Crippen molar-refractivity contribution in [1.29, 1.82) is 0 Å². The molecule has 4 N–H and O–H groups in total. The van der Waals surface area contributed by atoms with E-state index in [0.29, 0.717) is 16.9 Å². The molecule has 0 saturated heterocycles. The molecule has 0 spiro atoms. The van der Waals surface area contributed by atoms with E-state index in [0.717, 1.165) is 25.7 Å². The van der Waals surface area contributed by atoms with E-state index in [1.165, 1.54) is 6.42 Å². The van der Waals surface area contributed by atoms with Crippen LogP contribution in [0.5, 0.6) is 0 Å². The Morgan fingerprint density at radius 1 is 0.923 bits per heavy atom. The molecule has 0 aliphatic heterocycles. The first-order valence-corrected chi connectivity index (χ1v) is 8.78. The molecular weight excluding hydrogens is 332 g/mol. The second-order valence-electron chi connectivity index (χ2n) is 6.40. The van der Waals surface area contributed by atoms with Gasteiger partial charge in [-0.05, 0) is 43.2 Å². The first-order chi connectivity index (χ1) is 12.6. The summed E-state index contributed by atoms with van der Waals surface area (Å²) in [6.45, 7) is 0. The second kappa shape index (κ2) is 8.33. The van der Waals surface area contributed by atoms with Crippen LogP contribution in [-0.4, -0.2) is 22.7 Å². The summed E-state index contributed by atoms with van der Waals surface area (Å²) in [5, 5.41) is 2.88. The molecule has 1 aromatic heterocycles. The highest BCUT2D eigenvalue weighted by Crippen LogP contribution is 2.25. The van der Waals surface area contributed by atoms with Gasteiger partial charge in [0.15, 0.2) is 0 Å². The summed E-state index contributed by atoms with van der Waals surface area (Å²) in [6.07, 6.45) is 6.80. The molecule has 0 bridgehead atoms. The summed E-state index contributed by atoms with van der Waals surface area (Å²) >= 11 is 0. The lowest BCUT2D eigenvalue weighted by atomic mass is 9.88. The first-order valence-electron chi connectivity index (χ1n) is 8.78. The van der Waals surface area contributed by atoms with Crippen LogP contribution in [0, 0.1) is 5.92 Å². The average molecular weight is 354 g/mol. The van der Waals surface area contributed by atoms with Crippen LogP contribution in [0.25, 0.3) is 0 Å². The van der Waals surface area contributed by atoms with E-state index in [-0.39, 0.29) is 11.8 Å². The van der Waals surface area contributed by atoms with Crippen molar-refractivity contribution in [2.24, 2.45) is 5.92 Å². The van der Waals surface area contributed by atoms with E-state index in [9.17, 15) is 14.4 Å². The SMILES string of the molecule is O=C(NNC(=O)c1ccc[nH]1)c1cccc(NC(=O)C2CCCCC2)c1. The minimum atomic E-state index is -0.460. The second-order valence-corrected chi connectivity index (χ2v) is 6.40. The minimum absolute atomic E-state index is 0.00214. The van der Waals surface area contributed by atoms with Crippen LogP contribution in [-0.2, 0) is 4.79 Å². The van der Waals surface area contributed by atoms with Crippen molar-refractivity contribution in [3.63, 3.8) is 0 Å². The van der Waals surface area contributed by atoms with Gasteiger partial charge in [-0.25, -0.2) is 0 Å². The van der Waals surface area contributed by atoms with E-state index in [2.05, 4.69) is 21.2 Å². The van der Waals surface area contributed by atoms with Crippen LogP contribution in [0.15, 0.2) is 42.6 Å². The zero-order valence-corrected chi connectivity index (χ0v) is 14.4. The van der Waals surface area contributed by atoms with Crippen molar-refractivity contribution in [2.75, 3.05) is 5.32 Å². The maximum atomic E-state index is 12.3. The summed E-state index contributed by atoms with van der Waals surface area (Å²) in [6, 6.07) is 9.94. The molecule has 26 heavy (non-hydrogen) atoms. The molecule has 1 aliphatic rings. The Morgan fingerprint density at radius 3 is 2.42 bits per heavy atom. The van der Waals surface area contributed by atoms with E-state index in [1.54, 1.807) is 42.6 Å². The molecule has 7 heteroatoms. The Bertz CT molecular complexity index is 780. The third-order valence-corrected chi connectivity index (χ3v) is 4.50. The fourth-order valence-corrected chi connectivity index (χ4v) is 3.07. The number of benzene rings is 1. The number of carbonyl (C=O) groups excluding carboxylic acids is 3. The number of hydrazine groups is 1. The molecule has 3 amide bonds. The Labute approximate surface area is 151 Å². The number of aromatic amines is 1. The number of hydrogen-bond acceptors (Lipinski definition) is 3. The Morgan fingerprint density at radius 2 is 1.69 bits per heavy atom. The number of amides is 3. The molecule has 0 atom stereocenters. The van der Waals surface area contributed by atoms with E-state index in [1.807, 2.05) is 0 Å². The van der Waals surface area contributed by atoms with Crippen molar-refractivity contribution >= 4 is 23.4 Å². The molecule has 0 radical (unpaired) electrons. The molecular formula is C19H22N4O3. The zero-order chi connectivity index (χ0) is 18.4. The lowest BCUT2D eigenvalue weighted by Gasteiger charge is -2.20. The van der Waals surface area contributed by atoms with Crippen LogP contribution in [0.1, 0.15) is 53.0 Å². The van der Waals surface area contributed by atoms with Crippen LogP contribution in [0.3, 0.4) is 0 Å². The number of aromatic nitrogens is 1. The summed E-state index contributed by atoms with van der Waals surface area (Å²) in [4.78, 5) is 39.1. The van der Waals surface area contributed by atoms with Gasteiger partial charge >= 0.3 is 0 Å². The fraction of sp³-hybridized carbons (Fsp3) is 0.316. The molecule has 1 fully saturated rings. The molecule has 0 unspecified atom stereocenters. The topological polar surface area (TPSA) is 103 Å². The summed E-state index contributed by atoms with van der Waals surface area (Å²) in [7, 11) is 0. The van der Waals surface area contributed by atoms with Gasteiger partial charge in [0.2, 0.25) is 5.91 Å². The molecule has 2 aromatic rings. The van der Waals surface area contributed by atoms with Crippen molar-refractivity contribution in [3.05, 3.63) is 53.9 Å². The van der Waals surface area contributed by atoms with Gasteiger partial charge in [-0.2, -0.15) is 0 Å². The highest BCUT2D eigenvalue weighted by atomic mass is 16.2. The monoisotopic (exact) mass is 354 g/mol. The van der Waals surface area contributed by atoms with E-state index in [4.69, 9.17) is 0 Å².